The van der Waals surface area contributed by atoms with Gasteiger partial charge in [-0.3, -0.25) is 14.5 Å². The van der Waals surface area contributed by atoms with Gasteiger partial charge in [-0.1, -0.05) is 0 Å². The van der Waals surface area contributed by atoms with Crippen LogP contribution in [0, 0.1) is 10.1 Å². The van der Waals surface area contributed by atoms with E-state index in [1.54, 1.807) is 11.8 Å². The first-order valence-electron chi connectivity index (χ1n) is 7.88. The van der Waals surface area contributed by atoms with Crippen LogP contribution in [0.1, 0.15) is 26.2 Å². The van der Waals surface area contributed by atoms with Crippen molar-refractivity contribution in [1.82, 2.24) is 9.88 Å². The van der Waals surface area contributed by atoms with Crippen molar-refractivity contribution >= 4 is 23.5 Å². The highest BCUT2D eigenvalue weighted by Gasteiger charge is 2.38. The Morgan fingerprint density at radius 1 is 1.38 bits per heavy atom. The van der Waals surface area contributed by atoms with E-state index < -0.39 is 22.8 Å². The zero-order chi connectivity index (χ0) is 17.3. The Balaban J connectivity index is 1.88. The van der Waals surface area contributed by atoms with Gasteiger partial charge in [0.25, 0.3) is 11.7 Å². The summed E-state index contributed by atoms with van der Waals surface area (Å²) in [6, 6.07) is 2.62. The Morgan fingerprint density at radius 3 is 2.75 bits per heavy atom. The number of carbonyl (C=O) groups is 2. The first kappa shape index (κ1) is 16.2. The molecule has 0 saturated carbocycles. The van der Waals surface area contributed by atoms with Crippen molar-refractivity contribution in [2.75, 3.05) is 24.5 Å². The molecule has 0 spiro atoms. The summed E-state index contributed by atoms with van der Waals surface area (Å²) in [6.07, 6.45) is 2.21. The number of anilines is 1. The van der Waals surface area contributed by atoms with Crippen molar-refractivity contribution in [2.24, 2.45) is 0 Å². The van der Waals surface area contributed by atoms with Crippen LogP contribution in [0.2, 0.25) is 0 Å². The van der Waals surface area contributed by atoms with Crippen LogP contribution in [0.3, 0.4) is 0 Å². The summed E-state index contributed by atoms with van der Waals surface area (Å²) >= 11 is 0. The van der Waals surface area contributed by atoms with Gasteiger partial charge in [-0.15, -0.1) is 0 Å². The number of amides is 2. The normalized spacial score (nSPS) is 20.4. The number of fused-ring (bicyclic) bond motifs is 1. The SMILES string of the molecule is CC1Oc2ccc([N+](=O)[O-])nc2N(CC(=O)N2CCCCC2)C1=O. The highest BCUT2D eigenvalue weighted by Crippen LogP contribution is 2.34. The molecule has 1 aromatic rings. The van der Waals surface area contributed by atoms with E-state index in [1.165, 1.54) is 17.0 Å². The van der Waals surface area contributed by atoms with Gasteiger partial charge in [0.1, 0.15) is 6.54 Å². The predicted molar refractivity (Wildman–Crippen MR) is 83.8 cm³/mol. The lowest BCUT2D eigenvalue weighted by Gasteiger charge is -2.32. The molecule has 0 radical (unpaired) electrons. The van der Waals surface area contributed by atoms with Crippen LogP contribution in [0.4, 0.5) is 11.6 Å². The Bertz CT molecular complexity index is 686. The topological polar surface area (TPSA) is 106 Å². The fraction of sp³-hybridized carbons (Fsp3) is 0.533. The Hall–Kier alpha value is -2.71. The zero-order valence-corrected chi connectivity index (χ0v) is 13.3. The summed E-state index contributed by atoms with van der Waals surface area (Å²) < 4.78 is 5.43. The number of nitro groups is 1. The van der Waals surface area contributed by atoms with Gasteiger partial charge in [-0.2, -0.15) is 0 Å². The van der Waals surface area contributed by atoms with Crippen LogP contribution in [-0.4, -0.2) is 52.4 Å². The van der Waals surface area contributed by atoms with E-state index in [2.05, 4.69) is 4.98 Å². The van der Waals surface area contributed by atoms with Crippen LogP contribution in [0.5, 0.6) is 5.75 Å². The van der Waals surface area contributed by atoms with E-state index in [0.29, 0.717) is 13.1 Å². The molecule has 3 rings (SSSR count). The van der Waals surface area contributed by atoms with E-state index in [0.717, 1.165) is 19.3 Å². The highest BCUT2D eigenvalue weighted by atomic mass is 16.6. The molecule has 24 heavy (non-hydrogen) atoms. The largest absolute Gasteiger partial charge is 0.475 e. The fourth-order valence-corrected chi connectivity index (χ4v) is 2.91. The minimum atomic E-state index is -0.769. The number of pyridine rings is 1. The Kier molecular flexibility index (Phi) is 4.32. The lowest BCUT2D eigenvalue weighted by Crippen LogP contribution is -2.50. The third kappa shape index (κ3) is 3.01. The number of hydrogen-bond acceptors (Lipinski definition) is 6. The van der Waals surface area contributed by atoms with Gasteiger partial charge in [-0.05, 0) is 42.2 Å². The molecule has 128 valence electrons. The number of nitrogens with zero attached hydrogens (tertiary/aromatic N) is 4. The molecule has 9 nitrogen and oxygen atoms in total. The maximum absolute atomic E-state index is 12.5. The van der Waals surface area contributed by atoms with Crippen LogP contribution in [0.15, 0.2) is 12.1 Å². The molecule has 0 bridgehead atoms. The number of piperidine rings is 1. The van der Waals surface area contributed by atoms with E-state index in [4.69, 9.17) is 4.74 Å². The summed E-state index contributed by atoms with van der Waals surface area (Å²) in [4.78, 5) is 42.0. The molecule has 1 atom stereocenters. The molecule has 1 aromatic heterocycles. The molecule has 2 aliphatic rings. The highest BCUT2D eigenvalue weighted by molar-refractivity contribution is 6.02. The molecule has 0 aromatic carbocycles. The predicted octanol–water partition coefficient (Wildman–Crippen LogP) is 1.12. The molecule has 3 heterocycles. The third-order valence-electron chi connectivity index (χ3n) is 4.19. The van der Waals surface area contributed by atoms with Gasteiger partial charge in [-0.25, -0.2) is 0 Å². The Labute approximate surface area is 138 Å². The maximum Gasteiger partial charge on any atom is 0.366 e. The molecule has 0 N–H and O–H groups in total. The van der Waals surface area contributed by atoms with Crippen molar-refractivity contribution in [3.8, 4) is 5.75 Å². The van der Waals surface area contributed by atoms with Crippen molar-refractivity contribution < 1.29 is 19.2 Å². The molecule has 2 aliphatic heterocycles. The number of rotatable bonds is 3. The molecule has 0 aliphatic carbocycles. The third-order valence-corrected chi connectivity index (χ3v) is 4.19. The first-order chi connectivity index (χ1) is 11.5. The van der Waals surface area contributed by atoms with Crippen LogP contribution in [-0.2, 0) is 9.59 Å². The number of carbonyl (C=O) groups excluding carboxylic acids is 2. The molecule has 1 unspecified atom stereocenters. The van der Waals surface area contributed by atoms with E-state index in [-0.39, 0.29) is 24.0 Å². The van der Waals surface area contributed by atoms with Crippen LogP contribution >= 0.6 is 0 Å². The van der Waals surface area contributed by atoms with E-state index in [1.807, 2.05) is 0 Å². The van der Waals surface area contributed by atoms with Crippen LogP contribution < -0.4 is 9.64 Å². The van der Waals surface area contributed by atoms with Gasteiger partial charge in [0.15, 0.2) is 11.9 Å². The van der Waals surface area contributed by atoms with Crippen molar-refractivity contribution in [2.45, 2.75) is 32.3 Å². The smallest absolute Gasteiger partial charge is 0.366 e. The molecular weight excluding hydrogens is 316 g/mol. The standard InChI is InChI=1S/C15H18N4O5/c1-10-15(21)18(9-13(20)17-7-3-2-4-8-17)14-11(24-10)5-6-12(16-14)19(22)23/h5-6,10H,2-4,7-9H2,1H3. The number of likely N-dealkylation sites (tertiary alicyclic amines) is 1. The summed E-state index contributed by atoms with van der Waals surface area (Å²) in [5.41, 5.74) is 0. The average molecular weight is 334 g/mol. The van der Waals surface area contributed by atoms with E-state index >= 15 is 0 Å². The van der Waals surface area contributed by atoms with Gasteiger partial charge in [0, 0.05) is 19.2 Å². The van der Waals surface area contributed by atoms with Crippen molar-refractivity contribution in [1.29, 1.82) is 0 Å². The quantitative estimate of drug-likeness (QED) is 0.606. The lowest BCUT2D eigenvalue weighted by atomic mass is 10.1. The number of ether oxygens (including phenoxy) is 1. The molecular formula is C15H18N4O5. The van der Waals surface area contributed by atoms with E-state index in [9.17, 15) is 19.7 Å². The Morgan fingerprint density at radius 2 is 2.08 bits per heavy atom. The van der Waals surface area contributed by atoms with Gasteiger partial charge in [0.2, 0.25) is 5.91 Å². The summed E-state index contributed by atoms with van der Waals surface area (Å²) in [7, 11) is 0. The second kappa shape index (κ2) is 6.42. The lowest BCUT2D eigenvalue weighted by molar-refractivity contribution is -0.389. The second-order valence-corrected chi connectivity index (χ2v) is 5.87. The van der Waals surface area contributed by atoms with Gasteiger partial charge < -0.3 is 19.8 Å². The van der Waals surface area contributed by atoms with Crippen LogP contribution in [0.25, 0.3) is 0 Å². The maximum atomic E-state index is 12.5. The number of hydrogen-bond donors (Lipinski definition) is 0. The number of aromatic nitrogens is 1. The summed E-state index contributed by atoms with van der Waals surface area (Å²) in [5.74, 6) is -0.718. The van der Waals surface area contributed by atoms with Gasteiger partial charge in [0.05, 0.1) is 0 Å². The minimum Gasteiger partial charge on any atom is -0.475 e. The van der Waals surface area contributed by atoms with Gasteiger partial charge >= 0.3 is 5.82 Å². The second-order valence-electron chi connectivity index (χ2n) is 5.87. The monoisotopic (exact) mass is 334 g/mol. The van der Waals surface area contributed by atoms with Crippen molar-refractivity contribution in [3.63, 3.8) is 0 Å². The summed E-state index contributed by atoms with van der Waals surface area (Å²) in [5, 5.41) is 10.9. The fourth-order valence-electron chi connectivity index (χ4n) is 2.91. The molecule has 2 amide bonds. The molecule has 9 heteroatoms. The zero-order valence-electron chi connectivity index (χ0n) is 13.3. The molecule has 1 saturated heterocycles. The van der Waals surface area contributed by atoms with Crippen molar-refractivity contribution in [3.05, 3.63) is 22.2 Å². The summed E-state index contributed by atoms with van der Waals surface area (Å²) in [6.45, 7) is 2.73. The minimum absolute atomic E-state index is 0.0256. The average Bonchev–Trinajstić information content (AvgIpc) is 2.59. The first-order valence-corrected chi connectivity index (χ1v) is 7.88. The molecule has 1 fully saturated rings.